The first-order chi connectivity index (χ1) is 13.2. The zero-order chi connectivity index (χ0) is 19.1. The fraction of sp³-hybridized carbons (Fsp3) is 0.150. The van der Waals surface area contributed by atoms with Gasteiger partial charge in [0.1, 0.15) is 17.2 Å². The van der Waals surface area contributed by atoms with Crippen LogP contribution < -0.4 is 20.1 Å². The van der Waals surface area contributed by atoms with Crippen LogP contribution in [0, 0.1) is 0 Å². The van der Waals surface area contributed by atoms with Crippen LogP contribution in [0.25, 0.3) is 0 Å². The van der Waals surface area contributed by atoms with E-state index in [2.05, 4.69) is 20.6 Å². The second-order valence-corrected chi connectivity index (χ2v) is 5.66. The van der Waals surface area contributed by atoms with Crippen LogP contribution >= 0.6 is 0 Å². The van der Waals surface area contributed by atoms with Gasteiger partial charge in [0, 0.05) is 36.9 Å². The number of rotatable bonds is 7. The number of nitrogens with zero attached hydrogens (tertiary/aromatic N) is 2. The maximum absolute atomic E-state index is 12.4. The number of pyridine rings is 2. The molecular weight excluding hydrogens is 344 g/mol. The number of ether oxygens (including phenoxy) is 2. The standard InChI is InChI=1S/C20H20N4O3/c1-26-16-3-4-17(19(12-16)27-2)24-15-7-10-22-18(11-15)20(25)23-13-14-5-8-21-9-6-14/h3-12H,13H2,1-2H3,(H,22,24)(H,23,25). The molecule has 138 valence electrons. The van der Waals surface area contributed by atoms with Crippen molar-refractivity contribution in [1.29, 1.82) is 0 Å². The van der Waals surface area contributed by atoms with Gasteiger partial charge < -0.3 is 20.1 Å². The van der Waals surface area contributed by atoms with Crippen molar-refractivity contribution in [1.82, 2.24) is 15.3 Å². The van der Waals surface area contributed by atoms with Crippen molar-refractivity contribution < 1.29 is 14.3 Å². The normalized spacial score (nSPS) is 10.1. The molecule has 3 aromatic rings. The average molecular weight is 364 g/mol. The topological polar surface area (TPSA) is 85.4 Å². The zero-order valence-corrected chi connectivity index (χ0v) is 15.1. The summed E-state index contributed by atoms with van der Waals surface area (Å²) in [6.07, 6.45) is 4.96. The van der Waals surface area contributed by atoms with Crippen LogP contribution in [0.15, 0.2) is 61.1 Å². The number of carbonyl (C=O) groups excluding carboxylic acids is 1. The highest BCUT2D eigenvalue weighted by atomic mass is 16.5. The number of hydrogen-bond donors (Lipinski definition) is 2. The lowest BCUT2D eigenvalue weighted by Gasteiger charge is -2.13. The molecule has 0 aliphatic heterocycles. The summed E-state index contributed by atoms with van der Waals surface area (Å²) in [4.78, 5) is 20.5. The number of hydrogen-bond acceptors (Lipinski definition) is 6. The van der Waals surface area contributed by atoms with E-state index < -0.39 is 0 Å². The summed E-state index contributed by atoms with van der Waals surface area (Å²) < 4.78 is 10.6. The van der Waals surface area contributed by atoms with Gasteiger partial charge in [-0.05, 0) is 42.0 Å². The van der Waals surface area contributed by atoms with Gasteiger partial charge in [-0.25, -0.2) is 0 Å². The molecule has 2 N–H and O–H groups in total. The highest BCUT2D eigenvalue weighted by molar-refractivity contribution is 5.93. The number of aromatic nitrogens is 2. The van der Waals surface area contributed by atoms with Crippen molar-refractivity contribution in [2.24, 2.45) is 0 Å². The van der Waals surface area contributed by atoms with E-state index in [0.717, 1.165) is 16.9 Å². The Morgan fingerprint density at radius 3 is 2.56 bits per heavy atom. The molecule has 7 heteroatoms. The Morgan fingerprint density at radius 1 is 1.00 bits per heavy atom. The smallest absolute Gasteiger partial charge is 0.270 e. The van der Waals surface area contributed by atoms with E-state index in [-0.39, 0.29) is 5.91 Å². The number of amides is 1. The largest absolute Gasteiger partial charge is 0.497 e. The van der Waals surface area contributed by atoms with E-state index in [1.807, 2.05) is 24.3 Å². The van der Waals surface area contributed by atoms with Crippen molar-refractivity contribution >= 4 is 17.3 Å². The monoisotopic (exact) mass is 364 g/mol. The lowest BCUT2D eigenvalue weighted by molar-refractivity contribution is 0.0946. The summed E-state index contributed by atoms with van der Waals surface area (Å²) in [7, 11) is 3.19. The first kappa shape index (κ1) is 18.2. The van der Waals surface area contributed by atoms with E-state index in [1.165, 1.54) is 0 Å². The van der Waals surface area contributed by atoms with E-state index in [4.69, 9.17) is 9.47 Å². The zero-order valence-electron chi connectivity index (χ0n) is 15.1. The van der Waals surface area contributed by atoms with E-state index in [1.54, 1.807) is 51.0 Å². The molecule has 7 nitrogen and oxygen atoms in total. The van der Waals surface area contributed by atoms with Crippen LogP contribution in [0.4, 0.5) is 11.4 Å². The summed E-state index contributed by atoms with van der Waals surface area (Å²) >= 11 is 0. The molecule has 0 saturated heterocycles. The Kier molecular flexibility index (Phi) is 5.84. The number of carbonyl (C=O) groups is 1. The van der Waals surface area contributed by atoms with E-state index >= 15 is 0 Å². The van der Waals surface area contributed by atoms with Crippen LogP contribution in [0.5, 0.6) is 11.5 Å². The van der Waals surface area contributed by atoms with Gasteiger partial charge in [0.15, 0.2) is 0 Å². The van der Waals surface area contributed by atoms with Crippen LogP contribution in [0.3, 0.4) is 0 Å². The molecule has 0 saturated carbocycles. The second-order valence-electron chi connectivity index (χ2n) is 5.66. The van der Waals surface area contributed by atoms with Gasteiger partial charge in [-0.1, -0.05) is 0 Å². The Bertz CT molecular complexity index is 916. The van der Waals surface area contributed by atoms with Crippen LogP contribution in [-0.2, 0) is 6.54 Å². The number of methoxy groups -OCH3 is 2. The minimum Gasteiger partial charge on any atom is -0.497 e. The minimum absolute atomic E-state index is 0.253. The third-order valence-electron chi connectivity index (χ3n) is 3.88. The molecular formula is C20H20N4O3. The molecule has 1 aromatic carbocycles. The van der Waals surface area contributed by atoms with E-state index in [9.17, 15) is 4.79 Å². The van der Waals surface area contributed by atoms with Crippen molar-refractivity contribution in [3.63, 3.8) is 0 Å². The Balaban J connectivity index is 1.71. The fourth-order valence-electron chi connectivity index (χ4n) is 2.46. The van der Waals surface area contributed by atoms with Gasteiger partial charge in [-0.3, -0.25) is 14.8 Å². The summed E-state index contributed by atoms with van der Waals surface area (Å²) in [6.45, 7) is 0.410. The van der Waals surface area contributed by atoms with Crippen molar-refractivity contribution in [2.45, 2.75) is 6.54 Å². The first-order valence-electron chi connectivity index (χ1n) is 8.32. The molecule has 0 radical (unpaired) electrons. The Hall–Kier alpha value is -3.61. The van der Waals surface area contributed by atoms with Crippen molar-refractivity contribution in [3.05, 3.63) is 72.3 Å². The fourth-order valence-corrected chi connectivity index (χ4v) is 2.46. The maximum atomic E-state index is 12.4. The van der Waals surface area contributed by atoms with Crippen molar-refractivity contribution in [3.8, 4) is 11.5 Å². The SMILES string of the molecule is COc1ccc(Nc2ccnc(C(=O)NCc3ccncc3)c2)c(OC)c1. The molecule has 27 heavy (non-hydrogen) atoms. The molecule has 0 fully saturated rings. The lowest BCUT2D eigenvalue weighted by atomic mass is 10.2. The number of anilines is 2. The number of benzene rings is 1. The van der Waals surface area contributed by atoms with Gasteiger partial charge in [-0.15, -0.1) is 0 Å². The lowest BCUT2D eigenvalue weighted by Crippen LogP contribution is -2.23. The highest BCUT2D eigenvalue weighted by Crippen LogP contribution is 2.31. The van der Waals surface area contributed by atoms with Gasteiger partial charge in [-0.2, -0.15) is 0 Å². The van der Waals surface area contributed by atoms with Crippen LogP contribution in [0.1, 0.15) is 16.1 Å². The quantitative estimate of drug-likeness (QED) is 0.670. The Labute approximate surface area is 157 Å². The third-order valence-corrected chi connectivity index (χ3v) is 3.88. The van der Waals surface area contributed by atoms with Crippen LogP contribution in [-0.4, -0.2) is 30.1 Å². The number of nitrogens with one attached hydrogen (secondary N) is 2. The van der Waals surface area contributed by atoms with Gasteiger partial charge in [0.25, 0.3) is 5.91 Å². The predicted molar refractivity (Wildman–Crippen MR) is 102 cm³/mol. The molecule has 0 aliphatic carbocycles. The van der Waals surface area contributed by atoms with E-state index in [0.29, 0.717) is 23.7 Å². The molecule has 0 atom stereocenters. The molecule has 0 bridgehead atoms. The third kappa shape index (κ3) is 4.72. The molecule has 2 aromatic heterocycles. The molecule has 0 aliphatic rings. The first-order valence-corrected chi connectivity index (χ1v) is 8.32. The summed E-state index contributed by atoms with van der Waals surface area (Å²) in [5.41, 5.74) is 2.77. The maximum Gasteiger partial charge on any atom is 0.270 e. The van der Waals surface area contributed by atoms with Crippen LogP contribution in [0.2, 0.25) is 0 Å². The minimum atomic E-state index is -0.253. The molecule has 2 heterocycles. The highest BCUT2D eigenvalue weighted by Gasteiger charge is 2.10. The Morgan fingerprint density at radius 2 is 1.81 bits per heavy atom. The van der Waals surface area contributed by atoms with Crippen molar-refractivity contribution in [2.75, 3.05) is 19.5 Å². The molecule has 3 rings (SSSR count). The van der Waals surface area contributed by atoms with Gasteiger partial charge in [0.05, 0.1) is 19.9 Å². The summed E-state index contributed by atoms with van der Waals surface area (Å²) in [6, 6.07) is 12.6. The van der Waals surface area contributed by atoms with Gasteiger partial charge in [0.2, 0.25) is 0 Å². The summed E-state index contributed by atoms with van der Waals surface area (Å²) in [5, 5.41) is 6.08. The second kappa shape index (κ2) is 8.66. The predicted octanol–water partition coefficient (Wildman–Crippen LogP) is 3.17. The molecule has 0 spiro atoms. The summed E-state index contributed by atoms with van der Waals surface area (Å²) in [5.74, 6) is 1.08. The molecule has 0 unspecified atom stereocenters. The van der Waals surface area contributed by atoms with Gasteiger partial charge >= 0.3 is 0 Å². The average Bonchev–Trinajstić information content (AvgIpc) is 2.73. The molecule has 1 amide bonds.